The number of ether oxygens (including phenoxy) is 1. The maximum Gasteiger partial charge on any atom is 0.414 e. The van der Waals surface area contributed by atoms with Crippen LogP contribution in [-0.2, 0) is 17.7 Å². The van der Waals surface area contributed by atoms with Crippen molar-refractivity contribution in [3.05, 3.63) is 42.0 Å². The van der Waals surface area contributed by atoms with Gasteiger partial charge in [0.1, 0.15) is 17.8 Å². The summed E-state index contributed by atoms with van der Waals surface area (Å²) < 4.78 is 7.71. The van der Waals surface area contributed by atoms with Gasteiger partial charge in [0.05, 0.1) is 12.6 Å². The third-order valence-corrected chi connectivity index (χ3v) is 4.87. The topological polar surface area (TPSA) is 72.3 Å². The van der Waals surface area contributed by atoms with Crippen molar-refractivity contribution >= 4 is 11.8 Å². The van der Waals surface area contributed by atoms with Crippen molar-refractivity contribution in [1.82, 2.24) is 20.1 Å². The van der Waals surface area contributed by atoms with Crippen molar-refractivity contribution in [3.8, 4) is 0 Å². The maximum atomic E-state index is 12.1. The fourth-order valence-electron chi connectivity index (χ4n) is 3.50. The predicted octanol–water partition coefficient (Wildman–Crippen LogP) is 2.29. The number of hydrogen-bond acceptors (Lipinski definition) is 5. The number of hydrogen-bond donors (Lipinski definition) is 1. The van der Waals surface area contributed by atoms with Gasteiger partial charge in [-0.25, -0.2) is 4.79 Å². The van der Waals surface area contributed by atoms with Gasteiger partial charge in [-0.3, -0.25) is 4.90 Å². The second kappa shape index (κ2) is 6.84. The van der Waals surface area contributed by atoms with Gasteiger partial charge in [0, 0.05) is 25.2 Å². The molecule has 7 heteroatoms. The number of aryl methyl sites for hydroxylation is 1. The van der Waals surface area contributed by atoms with E-state index < -0.39 is 0 Å². The average Bonchev–Trinajstić information content (AvgIpc) is 3.24. The molecule has 2 aliphatic rings. The number of fused-ring (bicyclic) bond motifs is 1. The highest BCUT2D eigenvalue weighted by Gasteiger charge is 2.32. The Balaban J connectivity index is 1.36. The van der Waals surface area contributed by atoms with Gasteiger partial charge in [-0.1, -0.05) is 18.2 Å². The molecule has 1 aromatic carbocycles. The highest BCUT2D eigenvalue weighted by Crippen LogP contribution is 2.22. The number of aromatic nitrogens is 3. The van der Waals surface area contributed by atoms with Gasteiger partial charge in [0.25, 0.3) is 0 Å². The van der Waals surface area contributed by atoms with Crippen molar-refractivity contribution in [2.24, 2.45) is 0 Å². The van der Waals surface area contributed by atoms with Crippen molar-refractivity contribution in [2.45, 2.75) is 44.9 Å². The minimum atomic E-state index is -0.287. The third-order valence-electron chi connectivity index (χ3n) is 4.87. The Morgan fingerprint density at radius 3 is 2.96 bits per heavy atom. The standard InChI is InChI=1S/C18H23N5O2/c1-13(17-21-20-16-9-5-6-10-22(16)17)19-11-15-12-23(18(24)25-15)14-7-3-2-4-8-14/h2-4,7-8,13,15,19H,5-6,9-12H2,1H3/t13-,15-/m1/s1. The van der Waals surface area contributed by atoms with E-state index in [2.05, 4.69) is 27.0 Å². The summed E-state index contributed by atoms with van der Waals surface area (Å²) in [6.45, 7) is 4.22. The zero-order valence-corrected chi connectivity index (χ0v) is 14.4. The third kappa shape index (κ3) is 3.24. The van der Waals surface area contributed by atoms with E-state index in [0.29, 0.717) is 13.1 Å². The monoisotopic (exact) mass is 341 g/mol. The molecule has 0 aliphatic carbocycles. The molecular formula is C18H23N5O2. The van der Waals surface area contributed by atoms with Gasteiger partial charge >= 0.3 is 6.09 Å². The first-order valence-electron chi connectivity index (χ1n) is 8.91. The van der Waals surface area contributed by atoms with Crippen molar-refractivity contribution in [1.29, 1.82) is 0 Å². The lowest BCUT2D eigenvalue weighted by Crippen LogP contribution is -2.33. The van der Waals surface area contributed by atoms with Crippen LogP contribution in [-0.4, -0.2) is 40.1 Å². The summed E-state index contributed by atoms with van der Waals surface area (Å²) in [5.41, 5.74) is 0.870. The Bertz CT molecular complexity index is 745. The lowest BCUT2D eigenvalue weighted by molar-refractivity contribution is 0.138. The number of amides is 1. The second-order valence-corrected chi connectivity index (χ2v) is 6.67. The lowest BCUT2D eigenvalue weighted by Gasteiger charge is -2.19. The molecule has 1 aromatic heterocycles. The summed E-state index contributed by atoms with van der Waals surface area (Å²) in [7, 11) is 0. The molecule has 3 heterocycles. The van der Waals surface area contributed by atoms with Crippen LogP contribution in [0.3, 0.4) is 0 Å². The SMILES string of the molecule is C[C@@H](NC[C@@H]1CN(c2ccccc2)C(=O)O1)c1nnc2n1CCCC2. The fraction of sp³-hybridized carbons (Fsp3) is 0.500. The van der Waals surface area contributed by atoms with E-state index in [1.807, 2.05) is 30.3 Å². The average molecular weight is 341 g/mol. The number of carbonyl (C=O) groups is 1. The molecule has 1 amide bonds. The molecular weight excluding hydrogens is 318 g/mol. The predicted molar refractivity (Wildman–Crippen MR) is 93.4 cm³/mol. The molecule has 2 aromatic rings. The van der Waals surface area contributed by atoms with E-state index in [4.69, 9.17) is 4.74 Å². The molecule has 4 rings (SSSR count). The molecule has 7 nitrogen and oxygen atoms in total. The molecule has 25 heavy (non-hydrogen) atoms. The van der Waals surface area contributed by atoms with Gasteiger partial charge < -0.3 is 14.6 Å². The molecule has 2 aliphatic heterocycles. The smallest absolute Gasteiger partial charge is 0.414 e. The van der Waals surface area contributed by atoms with E-state index >= 15 is 0 Å². The van der Waals surface area contributed by atoms with Crippen LogP contribution >= 0.6 is 0 Å². The highest BCUT2D eigenvalue weighted by molar-refractivity contribution is 5.89. The molecule has 0 unspecified atom stereocenters. The highest BCUT2D eigenvalue weighted by atomic mass is 16.6. The van der Waals surface area contributed by atoms with Crippen molar-refractivity contribution in [2.75, 3.05) is 18.0 Å². The van der Waals surface area contributed by atoms with Gasteiger partial charge in [0.15, 0.2) is 0 Å². The number of cyclic esters (lactones) is 1. The normalized spacial score (nSPS) is 21.1. The summed E-state index contributed by atoms with van der Waals surface area (Å²) in [5.74, 6) is 2.05. The van der Waals surface area contributed by atoms with Gasteiger partial charge in [-0.15, -0.1) is 10.2 Å². The quantitative estimate of drug-likeness (QED) is 0.903. The summed E-state index contributed by atoms with van der Waals surface area (Å²) in [6.07, 6.45) is 2.92. The van der Waals surface area contributed by atoms with Crippen LogP contribution in [0, 0.1) is 0 Å². The Morgan fingerprint density at radius 1 is 1.28 bits per heavy atom. The summed E-state index contributed by atoms with van der Waals surface area (Å²) >= 11 is 0. The number of nitrogens with one attached hydrogen (secondary N) is 1. The Hall–Kier alpha value is -2.41. The van der Waals surface area contributed by atoms with Crippen LogP contribution in [0.15, 0.2) is 30.3 Å². The molecule has 1 saturated heterocycles. The lowest BCUT2D eigenvalue weighted by atomic mass is 10.1. The Kier molecular flexibility index (Phi) is 4.40. The minimum Gasteiger partial charge on any atom is -0.443 e. The molecule has 132 valence electrons. The van der Waals surface area contributed by atoms with Gasteiger partial charge in [0.2, 0.25) is 0 Å². The molecule has 1 fully saturated rings. The Morgan fingerprint density at radius 2 is 2.12 bits per heavy atom. The van der Waals surface area contributed by atoms with Gasteiger partial charge in [-0.05, 0) is 31.9 Å². The van der Waals surface area contributed by atoms with E-state index in [-0.39, 0.29) is 18.2 Å². The van der Waals surface area contributed by atoms with Crippen molar-refractivity contribution in [3.63, 3.8) is 0 Å². The first kappa shape index (κ1) is 16.1. The minimum absolute atomic E-state index is 0.0730. The van der Waals surface area contributed by atoms with E-state index in [1.54, 1.807) is 4.90 Å². The molecule has 0 radical (unpaired) electrons. The number of carbonyl (C=O) groups excluding carboxylic acids is 1. The van der Waals surface area contributed by atoms with E-state index in [1.165, 1.54) is 12.8 Å². The zero-order chi connectivity index (χ0) is 17.2. The fourth-order valence-corrected chi connectivity index (χ4v) is 3.50. The zero-order valence-electron chi connectivity index (χ0n) is 14.4. The number of para-hydroxylation sites is 1. The van der Waals surface area contributed by atoms with Crippen LogP contribution in [0.25, 0.3) is 0 Å². The molecule has 0 spiro atoms. The van der Waals surface area contributed by atoms with E-state index in [0.717, 1.165) is 30.3 Å². The van der Waals surface area contributed by atoms with Crippen LogP contribution in [0.5, 0.6) is 0 Å². The van der Waals surface area contributed by atoms with Gasteiger partial charge in [-0.2, -0.15) is 0 Å². The largest absolute Gasteiger partial charge is 0.443 e. The molecule has 1 N–H and O–H groups in total. The molecule has 0 saturated carbocycles. The summed E-state index contributed by atoms with van der Waals surface area (Å²) in [4.78, 5) is 13.8. The molecule has 0 bridgehead atoms. The van der Waals surface area contributed by atoms with Crippen molar-refractivity contribution < 1.29 is 9.53 Å². The first-order valence-corrected chi connectivity index (χ1v) is 8.91. The second-order valence-electron chi connectivity index (χ2n) is 6.67. The number of benzene rings is 1. The van der Waals surface area contributed by atoms with E-state index in [9.17, 15) is 4.79 Å². The number of anilines is 1. The summed E-state index contributed by atoms with van der Waals surface area (Å²) in [6, 6.07) is 9.69. The van der Waals surface area contributed by atoms with Crippen LogP contribution in [0.2, 0.25) is 0 Å². The molecule has 2 atom stereocenters. The first-order chi connectivity index (χ1) is 12.2. The number of rotatable bonds is 5. The van der Waals surface area contributed by atoms with Crippen LogP contribution in [0.4, 0.5) is 10.5 Å². The summed E-state index contributed by atoms with van der Waals surface area (Å²) in [5, 5.41) is 12.1. The van der Waals surface area contributed by atoms with Crippen LogP contribution < -0.4 is 10.2 Å². The number of nitrogens with zero attached hydrogens (tertiary/aromatic N) is 4. The maximum absolute atomic E-state index is 12.1. The van der Waals surface area contributed by atoms with Crippen LogP contribution in [0.1, 0.15) is 37.5 Å². The Labute approximate surface area is 147 Å².